The summed E-state index contributed by atoms with van der Waals surface area (Å²) in [5.74, 6) is 0.964. The van der Waals surface area contributed by atoms with E-state index < -0.39 is 0 Å². The van der Waals surface area contributed by atoms with E-state index in [9.17, 15) is 0 Å². The summed E-state index contributed by atoms with van der Waals surface area (Å²) >= 11 is 0. The summed E-state index contributed by atoms with van der Waals surface area (Å²) in [4.78, 5) is 8.08. The largest absolute Gasteiger partial charge is 0.316 e. The molecule has 0 aromatic rings. The number of hydrogen-bond acceptors (Lipinski definition) is 4. The first kappa shape index (κ1) is 16.3. The predicted octanol–water partition coefficient (Wildman–Crippen LogP) is 1.48. The molecule has 4 fully saturated rings. The van der Waals surface area contributed by atoms with Crippen LogP contribution in [0, 0.1) is 11.3 Å². The SMILES string of the molecule is CN1CCC(N2CCC(CN3CCC4(CC3)CNC4)CC2)CC1. The van der Waals surface area contributed by atoms with Gasteiger partial charge in [0.2, 0.25) is 0 Å². The lowest BCUT2D eigenvalue weighted by molar-refractivity contribution is 0.0340. The molecule has 0 unspecified atom stereocenters. The van der Waals surface area contributed by atoms with Gasteiger partial charge in [-0.2, -0.15) is 0 Å². The first-order valence-corrected chi connectivity index (χ1v) is 10.1. The molecular formula is C19H36N4. The van der Waals surface area contributed by atoms with Gasteiger partial charge >= 0.3 is 0 Å². The van der Waals surface area contributed by atoms with Crippen molar-refractivity contribution < 1.29 is 0 Å². The van der Waals surface area contributed by atoms with Crippen molar-refractivity contribution in [2.45, 2.75) is 44.6 Å². The Morgan fingerprint density at radius 1 is 0.870 bits per heavy atom. The molecule has 0 radical (unpaired) electrons. The van der Waals surface area contributed by atoms with Crippen molar-refractivity contribution in [3.05, 3.63) is 0 Å². The van der Waals surface area contributed by atoms with E-state index in [0.717, 1.165) is 12.0 Å². The molecule has 4 heterocycles. The lowest BCUT2D eigenvalue weighted by Crippen LogP contribution is -2.58. The van der Waals surface area contributed by atoms with E-state index in [2.05, 4.69) is 27.1 Å². The molecule has 4 nitrogen and oxygen atoms in total. The third-order valence-electron chi connectivity index (χ3n) is 7.29. The average molecular weight is 321 g/mol. The van der Waals surface area contributed by atoms with Gasteiger partial charge in [-0.3, -0.25) is 0 Å². The Labute approximate surface area is 142 Å². The lowest BCUT2D eigenvalue weighted by Gasteiger charge is -2.49. The van der Waals surface area contributed by atoms with Gasteiger partial charge in [-0.05, 0) is 96.2 Å². The van der Waals surface area contributed by atoms with Crippen LogP contribution in [0.4, 0.5) is 0 Å². The molecule has 132 valence electrons. The maximum atomic E-state index is 3.48. The van der Waals surface area contributed by atoms with Crippen molar-refractivity contribution in [1.29, 1.82) is 0 Å². The Bertz CT molecular complexity index is 369. The zero-order valence-electron chi connectivity index (χ0n) is 15.1. The molecule has 0 saturated carbocycles. The highest BCUT2D eigenvalue weighted by atomic mass is 15.2. The summed E-state index contributed by atoms with van der Waals surface area (Å²) in [5, 5.41) is 3.48. The van der Waals surface area contributed by atoms with Crippen LogP contribution in [-0.4, -0.2) is 86.7 Å². The van der Waals surface area contributed by atoms with Crippen molar-refractivity contribution in [3.63, 3.8) is 0 Å². The highest BCUT2D eigenvalue weighted by Gasteiger charge is 2.40. The number of nitrogens with one attached hydrogen (secondary N) is 1. The van der Waals surface area contributed by atoms with E-state index in [-0.39, 0.29) is 0 Å². The molecule has 4 saturated heterocycles. The minimum absolute atomic E-state index is 0.702. The fourth-order valence-electron chi connectivity index (χ4n) is 5.27. The number of rotatable bonds is 3. The number of nitrogens with zero attached hydrogens (tertiary/aromatic N) is 3. The second-order valence-corrected chi connectivity index (χ2v) is 8.92. The molecule has 1 spiro atoms. The van der Waals surface area contributed by atoms with E-state index in [4.69, 9.17) is 0 Å². The van der Waals surface area contributed by atoms with E-state index in [1.165, 1.54) is 97.4 Å². The maximum Gasteiger partial charge on any atom is 0.0120 e. The summed E-state index contributed by atoms with van der Waals surface area (Å²) in [6.07, 6.45) is 8.54. The monoisotopic (exact) mass is 320 g/mol. The maximum absolute atomic E-state index is 3.48. The molecule has 1 N–H and O–H groups in total. The molecular weight excluding hydrogens is 284 g/mol. The average Bonchev–Trinajstić information content (AvgIpc) is 2.56. The second-order valence-electron chi connectivity index (χ2n) is 8.92. The molecule has 4 heteroatoms. The molecule has 4 rings (SSSR count). The van der Waals surface area contributed by atoms with E-state index in [0.29, 0.717) is 5.41 Å². The zero-order chi connectivity index (χ0) is 15.7. The predicted molar refractivity (Wildman–Crippen MR) is 95.8 cm³/mol. The van der Waals surface area contributed by atoms with Crippen molar-refractivity contribution in [2.24, 2.45) is 11.3 Å². The fraction of sp³-hybridized carbons (Fsp3) is 1.00. The van der Waals surface area contributed by atoms with Crippen LogP contribution < -0.4 is 5.32 Å². The van der Waals surface area contributed by atoms with Crippen LogP contribution >= 0.6 is 0 Å². The number of piperidine rings is 3. The smallest absolute Gasteiger partial charge is 0.0120 e. The molecule has 4 aliphatic heterocycles. The second kappa shape index (κ2) is 6.99. The minimum Gasteiger partial charge on any atom is -0.316 e. The Morgan fingerprint density at radius 3 is 2.09 bits per heavy atom. The van der Waals surface area contributed by atoms with Crippen molar-refractivity contribution in [1.82, 2.24) is 20.0 Å². The minimum atomic E-state index is 0.702. The standard InChI is InChI=1S/C19H36N4/c1-21-8-4-18(5-9-21)23-10-2-17(3-11-23)14-22-12-6-19(7-13-22)15-20-16-19/h17-18,20H,2-16H2,1H3. The van der Waals surface area contributed by atoms with Gasteiger partial charge in [-0.15, -0.1) is 0 Å². The van der Waals surface area contributed by atoms with Gasteiger partial charge in [0.05, 0.1) is 0 Å². The van der Waals surface area contributed by atoms with Crippen LogP contribution in [0.15, 0.2) is 0 Å². The molecule has 0 amide bonds. The van der Waals surface area contributed by atoms with Crippen LogP contribution in [0.2, 0.25) is 0 Å². The normalized spacial score (nSPS) is 32.2. The van der Waals surface area contributed by atoms with Crippen LogP contribution in [0.3, 0.4) is 0 Å². The van der Waals surface area contributed by atoms with Gasteiger partial charge in [0.25, 0.3) is 0 Å². The summed E-state index contributed by atoms with van der Waals surface area (Å²) in [6.45, 7) is 12.0. The van der Waals surface area contributed by atoms with Gasteiger partial charge in [0.1, 0.15) is 0 Å². The Hall–Kier alpha value is -0.160. The third-order valence-corrected chi connectivity index (χ3v) is 7.29. The van der Waals surface area contributed by atoms with Crippen molar-refractivity contribution >= 4 is 0 Å². The van der Waals surface area contributed by atoms with Gasteiger partial charge in [-0.1, -0.05) is 0 Å². The number of hydrogen-bond donors (Lipinski definition) is 1. The number of likely N-dealkylation sites (tertiary alicyclic amines) is 3. The summed E-state index contributed by atoms with van der Waals surface area (Å²) < 4.78 is 0. The van der Waals surface area contributed by atoms with Crippen molar-refractivity contribution in [2.75, 3.05) is 66.0 Å². The molecule has 0 bridgehead atoms. The highest BCUT2D eigenvalue weighted by molar-refractivity contribution is 4.96. The molecule has 4 aliphatic rings. The summed E-state index contributed by atoms with van der Waals surface area (Å²) in [5.41, 5.74) is 0.702. The molecule has 0 atom stereocenters. The van der Waals surface area contributed by atoms with E-state index in [1.54, 1.807) is 0 Å². The van der Waals surface area contributed by atoms with Gasteiger partial charge in [0, 0.05) is 25.7 Å². The molecule has 0 aromatic carbocycles. The summed E-state index contributed by atoms with van der Waals surface area (Å²) in [7, 11) is 2.27. The first-order valence-electron chi connectivity index (χ1n) is 10.1. The van der Waals surface area contributed by atoms with Crippen LogP contribution in [0.1, 0.15) is 38.5 Å². The molecule has 23 heavy (non-hydrogen) atoms. The fourth-order valence-corrected chi connectivity index (χ4v) is 5.27. The van der Waals surface area contributed by atoms with Gasteiger partial charge in [-0.25, -0.2) is 0 Å². The Kier molecular flexibility index (Phi) is 4.96. The topological polar surface area (TPSA) is 21.8 Å². The third kappa shape index (κ3) is 3.76. The van der Waals surface area contributed by atoms with Crippen LogP contribution in [-0.2, 0) is 0 Å². The summed E-state index contributed by atoms with van der Waals surface area (Å²) in [6, 6.07) is 0.883. The Balaban J connectivity index is 1.17. The van der Waals surface area contributed by atoms with Gasteiger partial charge in [0.15, 0.2) is 0 Å². The highest BCUT2D eigenvalue weighted by Crippen LogP contribution is 2.35. The van der Waals surface area contributed by atoms with E-state index >= 15 is 0 Å². The van der Waals surface area contributed by atoms with Crippen LogP contribution in [0.25, 0.3) is 0 Å². The van der Waals surface area contributed by atoms with Crippen LogP contribution in [0.5, 0.6) is 0 Å². The lowest BCUT2D eigenvalue weighted by atomic mass is 9.73. The van der Waals surface area contributed by atoms with Crippen molar-refractivity contribution in [3.8, 4) is 0 Å². The molecule has 0 aromatic heterocycles. The van der Waals surface area contributed by atoms with E-state index in [1.807, 2.05) is 0 Å². The Morgan fingerprint density at radius 2 is 1.52 bits per heavy atom. The quantitative estimate of drug-likeness (QED) is 0.850. The zero-order valence-corrected chi connectivity index (χ0v) is 15.1. The van der Waals surface area contributed by atoms with Gasteiger partial charge < -0.3 is 20.0 Å². The molecule has 0 aliphatic carbocycles. The first-order chi connectivity index (χ1) is 11.2.